The molecule has 2 rings (SSSR count). The molecule has 0 spiro atoms. The van der Waals surface area contributed by atoms with E-state index < -0.39 is 0 Å². The fourth-order valence-corrected chi connectivity index (χ4v) is 1.47. The highest BCUT2D eigenvalue weighted by Crippen LogP contribution is 2.07. The molecule has 0 fully saturated rings. The minimum atomic E-state index is -0.0412. The highest BCUT2D eigenvalue weighted by Gasteiger charge is 2.08. The molecule has 0 saturated heterocycles. The third-order valence-electron chi connectivity index (χ3n) is 2.44. The van der Waals surface area contributed by atoms with E-state index in [0.29, 0.717) is 18.4 Å². The molecule has 0 atom stereocenters. The SMILES string of the molecule is N#Cc1ccc(C=CC2=NNC(=O)CC2)cc1. The number of nitriles is 1. The van der Waals surface area contributed by atoms with Gasteiger partial charge in [-0.05, 0) is 23.8 Å². The predicted octanol–water partition coefficient (Wildman–Crippen LogP) is 1.84. The van der Waals surface area contributed by atoms with Crippen molar-refractivity contribution in [2.75, 3.05) is 0 Å². The number of hydrogen-bond acceptors (Lipinski definition) is 3. The van der Waals surface area contributed by atoms with Crippen LogP contribution in [0.15, 0.2) is 35.4 Å². The zero-order valence-electron chi connectivity index (χ0n) is 9.18. The largest absolute Gasteiger partial charge is 0.273 e. The van der Waals surface area contributed by atoms with Gasteiger partial charge in [0.25, 0.3) is 0 Å². The Balaban J connectivity index is 2.05. The van der Waals surface area contributed by atoms with Crippen LogP contribution in [0.25, 0.3) is 6.08 Å². The van der Waals surface area contributed by atoms with Crippen LogP contribution in [0.1, 0.15) is 24.0 Å². The van der Waals surface area contributed by atoms with Gasteiger partial charge >= 0.3 is 0 Å². The summed E-state index contributed by atoms with van der Waals surface area (Å²) in [6.07, 6.45) is 4.94. The molecule has 1 aliphatic rings. The summed E-state index contributed by atoms with van der Waals surface area (Å²) in [7, 11) is 0. The first-order valence-electron chi connectivity index (χ1n) is 5.31. The third kappa shape index (κ3) is 3.02. The van der Waals surface area contributed by atoms with Crippen molar-refractivity contribution in [3.05, 3.63) is 41.5 Å². The van der Waals surface area contributed by atoms with E-state index in [0.717, 1.165) is 11.3 Å². The molecule has 1 amide bonds. The predicted molar refractivity (Wildman–Crippen MR) is 65.0 cm³/mol. The Morgan fingerprint density at radius 1 is 1.24 bits per heavy atom. The number of hydrazone groups is 1. The van der Waals surface area contributed by atoms with Crippen LogP contribution in [-0.2, 0) is 4.79 Å². The monoisotopic (exact) mass is 225 g/mol. The molecule has 0 aromatic heterocycles. The van der Waals surface area contributed by atoms with Crippen LogP contribution in [0.2, 0.25) is 0 Å². The summed E-state index contributed by atoms with van der Waals surface area (Å²) in [4.78, 5) is 10.9. The number of allylic oxidation sites excluding steroid dienone is 1. The quantitative estimate of drug-likeness (QED) is 0.834. The van der Waals surface area contributed by atoms with Crippen LogP contribution < -0.4 is 5.43 Å². The number of nitrogens with one attached hydrogen (secondary N) is 1. The molecule has 0 unspecified atom stereocenters. The molecule has 0 saturated carbocycles. The van der Waals surface area contributed by atoms with Crippen LogP contribution in [0.4, 0.5) is 0 Å². The van der Waals surface area contributed by atoms with Gasteiger partial charge in [-0.15, -0.1) is 0 Å². The standard InChI is InChI=1S/C13H11N3O/c14-9-11-3-1-10(2-4-11)5-6-12-7-8-13(17)16-15-12/h1-6H,7-8H2,(H,16,17). The normalized spacial score (nSPS) is 15.2. The Hall–Kier alpha value is -2.41. The first kappa shape index (κ1) is 11.1. The smallest absolute Gasteiger partial charge is 0.240 e. The van der Waals surface area contributed by atoms with Gasteiger partial charge in [-0.1, -0.05) is 18.2 Å². The molecular weight excluding hydrogens is 214 g/mol. The van der Waals surface area contributed by atoms with Crippen molar-refractivity contribution in [2.24, 2.45) is 5.10 Å². The highest BCUT2D eigenvalue weighted by molar-refractivity contribution is 6.02. The maximum atomic E-state index is 10.9. The van der Waals surface area contributed by atoms with Crippen LogP contribution in [0.5, 0.6) is 0 Å². The molecule has 1 aromatic carbocycles. The van der Waals surface area contributed by atoms with E-state index in [2.05, 4.69) is 16.6 Å². The molecule has 1 heterocycles. The van der Waals surface area contributed by atoms with Crippen LogP contribution in [0, 0.1) is 11.3 Å². The summed E-state index contributed by atoms with van der Waals surface area (Å²) in [5.74, 6) is -0.0412. The van der Waals surface area contributed by atoms with E-state index in [4.69, 9.17) is 5.26 Å². The van der Waals surface area contributed by atoms with Crippen molar-refractivity contribution in [2.45, 2.75) is 12.8 Å². The molecule has 0 radical (unpaired) electrons. The van der Waals surface area contributed by atoms with Crippen molar-refractivity contribution >= 4 is 17.7 Å². The molecule has 1 aliphatic heterocycles. The Labute approximate surface area is 99.3 Å². The van der Waals surface area contributed by atoms with Gasteiger partial charge in [0.1, 0.15) is 0 Å². The van der Waals surface area contributed by atoms with Crippen LogP contribution in [-0.4, -0.2) is 11.6 Å². The molecule has 17 heavy (non-hydrogen) atoms. The molecule has 84 valence electrons. The van der Waals surface area contributed by atoms with Gasteiger partial charge in [0.15, 0.2) is 0 Å². The molecule has 4 heteroatoms. The van der Waals surface area contributed by atoms with Gasteiger partial charge in [-0.25, -0.2) is 5.43 Å². The summed E-state index contributed by atoms with van der Waals surface area (Å²) in [6, 6.07) is 9.35. The van der Waals surface area contributed by atoms with E-state index in [1.807, 2.05) is 24.3 Å². The fraction of sp³-hybridized carbons (Fsp3) is 0.154. The summed E-state index contributed by atoms with van der Waals surface area (Å²) < 4.78 is 0. The second-order valence-corrected chi connectivity index (χ2v) is 3.71. The minimum Gasteiger partial charge on any atom is -0.273 e. The Morgan fingerprint density at radius 2 is 2.00 bits per heavy atom. The Morgan fingerprint density at radius 3 is 2.59 bits per heavy atom. The summed E-state index contributed by atoms with van der Waals surface area (Å²) >= 11 is 0. The van der Waals surface area contributed by atoms with Crippen molar-refractivity contribution < 1.29 is 4.79 Å². The lowest BCUT2D eigenvalue weighted by Crippen LogP contribution is -2.24. The lowest BCUT2D eigenvalue weighted by Gasteiger charge is -2.07. The topological polar surface area (TPSA) is 65.2 Å². The first-order chi connectivity index (χ1) is 8.28. The zero-order chi connectivity index (χ0) is 12.1. The molecule has 4 nitrogen and oxygen atoms in total. The number of carbonyl (C=O) groups is 1. The first-order valence-corrected chi connectivity index (χ1v) is 5.31. The average molecular weight is 225 g/mol. The van der Waals surface area contributed by atoms with Crippen LogP contribution >= 0.6 is 0 Å². The molecule has 0 aliphatic carbocycles. The number of hydrogen-bond donors (Lipinski definition) is 1. The molecular formula is C13H11N3O. The highest BCUT2D eigenvalue weighted by atomic mass is 16.2. The van der Waals surface area contributed by atoms with Gasteiger partial charge in [0, 0.05) is 12.8 Å². The Bertz CT molecular complexity index is 521. The maximum absolute atomic E-state index is 10.9. The second-order valence-electron chi connectivity index (χ2n) is 3.71. The van der Waals surface area contributed by atoms with Crippen molar-refractivity contribution in [1.29, 1.82) is 5.26 Å². The molecule has 0 bridgehead atoms. The lowest BCUT2D eigenvalue weighted by molar-refractivity contribution is -0.121. The fourth-order valence-electron chi connectivity index (χ4n) is 1.47. The van der Waals surface area contributed by atoms with E-state index in [1.54, 1.807) is 12.1 Å². The third-order valence-corrected chi connectivity index (χ3v) is 2.44. The molecule has 1 N–H and O–H groups in total. The average Bonchev–Trinajstić information content (AvgIpc) is 2.39. The van der Waals surface area contributed by atoms with E-state index in [1.165, 1.54) is 0 Å². The van der Waals surface area contributed by atoms with Gasteiger partial charge < -0.3 is 0 Å². The second kappa shape index (κ2) is 5.08. The Kier molecular flexibility index (Phi) is 3.31. The van der Waals surface area contributed by atoms with Crippen molar-refractivity contribution in [3.63, 3.8) is 0 Å². The number of nitrogens with zero attached hydrogens (tertiary/aromatic N) is 2. The van der Waals surface area contributed by atoms with Gasteiger partial charge in [-0.2, -0.15) is 10.4 Å². The van der Waals surface area contributed by atoms with E-state index in [9.17, 15) is 4.79 Å². The number of amides is 1. The number of rotatable bonds is 2. The summed E-state index contributed by atoms with van der Waals surface area (Å²) in [5, 5.41) is 12.6. The van der Waals surface area contributed by atoms with Gasteiger partial charge in [0.2, 0.25) is 5.91 Å². The summed E-state index contributed by atoms with van der Waals surface area (Å²) in [6.45, 7) is 0. The van der Waals surface area contributed by atoms with Gasteiger partial charge in [0.05, 0.1) is 17.3 Å². The minimum absolute atomic E-state index is 0.0412. The zero-order valence-corrected chi connectivity index (χ0v) is 9.18. The number of benzene rings is 1. The summed E-state index contributed by atoms with van der Waals surface area (Å²) in [5.41, 5.74) is 4.94. The van der Waals surface area contributed by atoms with Crippen LogP contribution in [0.3, 0.4) is 0 Å². The number of carbonyl (C=O) groups excluding carboxylic acids is 1. The molecule has 1 aromatic rings. The van der Waals surface area contributed by atoms with Crippen molar-refractivity contribution in [1.82, 2.24) is 5.43 Å². The van der Waals surface area contributed by atoms with Crippen molar-refractivity contribution in [3.8, 4) is 6.07 Å². The van der Waals surface area contributed by atoms with E-state index >= 15 is 0 Å². The maximum Gasteiger partial charge on any atom is 0.240 e. The lowest BCUT2D eigenvalue weighted by atomic mass is 10.1. The van der Waals surface area contributed by atoms with Gasteiger partial charge in [-0.3, -0.25) is 4.79 Å². The van der Waals surface area contributed by atoms with E-state index in [-0.39, 0.29) is 5.91 Å².